The summed E-state index contributed by atoms with van der Waals surface area (Å²) in [6.07, 6.45) is 7.80. The van der Waals surface area contributed by atoms with Gasteiger partial charge in [-0.25, -0.2) is 4.79 Å². The highest BCUT2D eigenvalue weighted by atomic mass is 35.5. The molecule has 1 aliphatic carbocycles. The maximum Gasteiger partial charge on any atom is 0.322 e. The summed E-state index contributed by atoms with van der Waals surface area (Å²) in [7, 11) is 0. The second kappa shape index (κ2) is 7.78. The van der Waals surface area contributed by atoms with Crippen LogP contribution in [0.5, 0.6) is 0 Å². The van der Waals surface area contributed by atoms with Crippen LogP contribution in [-0.2, 0) is 19.4 Å². The second-order valence-electron chi connectivity index (χ2n) is 8.24. The van der Waals surface area contributed by atoms with Gasteiger partial charge in [0.1, 0.15) is 5.00 Å². The maximum atomic E-state index is 13.5. The van der Waals surface area contributed by atoms with E-state index in [9.17, 15) is 4.79 Å². The van der Waals surface area contributed by atoms with Crippen molar-refractivity contribution in [1.82, 2.24) is 9.47 Å². The standard InChI is InChI=1S/C24H26ClN3OS/c1-3-20-21-8-6-12-27(21)23-18(17-7-4-5-9-22(17)30-23)14-28(20)24(29)26-16-11-10-15(2)19(25)13-16/h6,8,10-13,20H,3-5,7,9,14H2,1-2H3,(H,26,29). The zero-order valence-corrected chi connectivity index (χ0v) is 18.9. The number of fused-ring (bicyclic) bond motifs is 5. The number of nitrogens with zero attached hydrogens (tertiary/aromatic N) is 2. The van der Waals surface area contributed by atoms with Crippen LogP contribution in [0.4, 0.5) is 10.5 Å². The molecule has 1 aromatic carbocycles. The summed E-state index contributed by atoms with van der Waals surface area (Å²) in [5.41, 5.74) is 5.74. The third kappa shape index (κ3) is 3.25. The average Bonchev–Trinajstić information content (AvgIpc) is 3.33. The van der Waals surface area contributed by atoms with Gasteiger partial charge in [-0.05, 0) is 74.4 Å². The van der Waals surface area contributed by atoms with Gasteiger partial charge in [0, 0.05) is 33.0 Å². The molecule has 0 saturated carbocycles. The fourth-order valence-electron chi connectivity index (χ4n) is 4.77. The van der Waals surface area contributed by atoms with E-state index in [1.807, 2.05) is 41.4 Å². The Bertz CT molecular complexity index is 1120. The number of hydrogen-bond acceptors (Lipinski definition) is 2. The summed E-state index contributed by atoms with van der Waals surface area (Å²) in [6, 6.07) is 9.90. The molecular formula is C24H26ClN3OS. The summed E-state index contributed by atoms with van der Waals surface area (Å²) in [6.45, 7) is 4.76. The fraction of sp³-hybridized carbons (Fsp3) is 0.375. The van der Waals surface area contributed by atoms with Crippen LogP contribution in [0.25, 0.3) is 5.00 Å². The molecule has 0 bridgehead atoms. The Labute approximate surface area is 186 Å². The van der Waals surface area contributed by atoms with Crippen LogP contribution in [0.2, 0.25) is 5.02 Å². The normalized spacial score (nSPS) is 17.7. The van der Waals surface area contributed by atoms with Crippen molar-refractivity contribution in [1.29, 1.82) is 0 Å². The minimum absolute atomic E-state index is 0.0276. The van der Waals surface area contributed by atoms with E-state index in [0.717, 1.165) is 30.5 Å². The minimum Gasteiger partial charge on any atom is -0.312 e. The fourth-order valence-corrected chi connectivity index (χ4v) is 6.36. The highest BCUT2D eigenvalue weighted by Gasteiger charge is 2.34. The van der Waals surface area contributed by atoms with Crippen molar-refractivity contribution in [2.45, 2.75) is 58.5 Å². The molecule has 4 nitrogen and oxygen atoms in total. The minimum atomic E-state index is -0.0712. The molecule has 1 atom stereocenters. The SMILES string of the molecule is CCC1c2cccn2-c2sc3c(c2CN1C(=O)Nc1ccc(C)c(Cl)c1)CCCC3. The van der Waals surface area contributed by atoms with Gasteiger partial charge in [0.2, 0.25) is 0 Å². The lowest BCUT2D eigenvalue weighted by molar-refractivity contribution is 0.181. The van der Waals surface area contributed by atoms with Crippen molar-refractivity contribution in [2.24, 2.45) is 0 Å². The number of carbonyl (C=O) groups excluding carboxylic acids is 1. The molecule has 1 N–H and O–H groups in total. The van der Waals surface area contributed by atoms with E-state index in [2.05, 4.69) is 35.1 Å². The molecular weight excluding hydrogens is 414 g/mol. The van der Waals surface area contributed by atoms with E-state index in [1.54, 1.807) is 0 Å². The molecule has 156 valence electrons. The molecule has 1 unspecified atom stereocenters. The molecule has 2 amide bonds. The van der Waals surface area contributed by atoms with Crippen LogP contribution >= 0.6 is 22.9 Å². The molecule has 2 aromatic heterocycles. The number of thiophene rings is 1. The van der Waals surface area contributed by atoms with Gasteiger partial charge in [-0.2, -0.15) is 0 Å². The van der Waals surface area contributed by atoms with Crippen LogP contribution in [-0.4, -0.2) is 15.5 Å². The molecule has 3 heterocycles. The lowest BCUT2D eigenvalue weighted by atomic mass is 9.95. The zero-order valence-electron chi connectivity index (χ0n) is 17.4. The smallest absolute Gasteiger partial charge is 0.312 e. The maximum absolute atomic E-state index is 13.5. The largest absolute Gasteiger partial charge is 0.322 e. The summed E-state index contributed by atoms with van der Waals surface area (Å²) in [5.74, 6) is 0. The van der Waals surface area contributed by atoms with Crippen molar-refractivity contribution in [3.8, 4) is 5.00 Å². The van der Waals surface area contributed by atoms with E-state index >= 15 is 0 Å². The first-order valence-corrected chi connectivity index (χ1v) is 11.9. The lowest BCUT2D eigenvalue weighted by Crippen LogP contribution is -2.37. The molecule has 30 heavy (non-hydrogen) atoms. The number of carbonyl (C=O) groups is 1. The van der Waals surface area contributed by atoms with E-state index in [4.69, 9.17) is 11.6 Å². The number of nitrogens with one attached hydrogen (secondary N) is 1. The first-order valence-electron chi connectivity index (χ1n) is 10.7. The number of urea groups is 1. The number of rotatable bonds is 2. The van der Waals surface area contributed by atoms with Crippen LogP contribution in [0.1, 0.15) is 59.5 Å². The van der Waals surface area contributed by atoms with Gasteiger partial charge in [0.15, 0.2) is 0 Å². The average molecular weight is 440 g/mol. The third-order valence-electron chi connectivity index (χ3n) is 6.38. The molecule has 0 saturated heterocycles. The molecule has 0 spiro atoms. The first-order chi connectivity index (χ1) is 14.6. The number of aromatic nitrogens is 1. The number of amides is 2. The predicted octanol–water partition coefficient (Wildman–Crippen LogP) is 6.88. The third-order valence-corrected chi connectivity index (χ3v) is 8.12. The van der Waals surface area contributed by atoms with Gasteiger partial charge in [-0.1, -0.05) is 24.6 Å². The Morgan fingerprint density at radius 3 is 2.87 bits per heavy atom. The highest BCUT2D eigenvalue weighted by molar-refractivity contribution is 7.15. The van der Waals surface area contributed by atoms with Crippen LogP contribution in [0.15, 0.2) is 36.5 Å². The van der Waals surface area contributed by atoms with Crippen molar-refractivity contribution < 1.29 is 4.79 Å². The number of halogens is 1. The van der Waals surface area contributed by atoms with Gasteiger partial charge < -0.3 is 14.8 Å². The van der Waals surface area contributed by atoms with Gasteiger partial charge >= 0.3 is 6.03 Å². The Morgan fingerprint density at radius 1 is 1.23 bits per heavy atom. The Morgan fingerprint density at radius 2 is 2.07 bits per heavy atom. The Hall–Kier alpha value is -2.24. The van der Waals surface area contributed by atoms with Crippen molar-refractivity contribution in [3.05, 3.63) is 68.8 Å². The number of anilines is 1. The highest BCUT2D eigenvalue weighted by Crippen LogP contribution is 2.43. The van der Waals surface area contributed by atoms with Gasteiger partial charge in [0.25, 0.3) is 0 Å². The summed E-state index contributed by atoms with van der Waals surface area (Å²) in [4.78, 5) is 17.0. The molecule has 6 heteroatoms. The number of benzene rings is 1. The molecule has 2 aliphatic rings. The zero-order chi connectivity index (χ0) is 20.8. The van der Waals surface area contributed by atoms with Crippen molar-refractivity contribution in [3.63, 3.8) is 0 Å². The molecule has 0 radical (unpaired) electrons. The van der Waals surface area contributed by atoms with E-state index in [-0.39, 0.29) is 12.1 Å². The molecule has 5 rings (SSSR count). The topological polar surface area (TPSA) is 37.3 Å². The summed E-state index contributed by atoms with van der Waals surface area (Å²) in [5, 5.41) is 5.06. The van der Waals surface area contributed by atoms with Crippen LogP contribution in [0.3, 0.4) is 0 Å². The van der Waals surface area contributed by atoms with Crippen LogP contribution < -0.4 is 5.32 Å². The number of aryl methyl sites for hydroxylation is 2. The van der Waals surface area contributed by atoms with Gasteiger partial charge in [-0.3, -0.25) is 0 Å². The lowest BCUT2D eigenvalue weighted by Gasteiger charge is -2.30. The van der Waals surface area contributed by atoms with E-state index < -0.39 is 0 Å². The Balaban J connectivity index is 1.55. The quantitative estimate of drug-likeness (QED) is 0.464. The number of hydrogen-bond donors (Lipinski definition) is 1. The predicted molar refractivity (Wildman–Crippen MR) is 124 cm³/mol. The Kier molecular flexibility index (Phi) is 5.11. The van der Waals surface area contributed by atoms with Gasteiger partial charge in [0.05, 0.1) is 12.6 Å². The summed E-state index contributed by atoms with van der Waals surface area (Å²) < 4.78 is 2.32. The van der Waals surface area contributed by atoms with Crippen molar-refractivity contribution >= 4 is 34.7 Å². The monoisotopic (exact) mass is 439 g/mol. The molecule has 0 fully saturated rings. The first kappa shape index (κ1) is 19.7. The van der Waals surface area contributed by atoms with Crippen molar-refractivity contribution in [2.75, 3.05) is 5.32 Å². The summed E-state index contributed by atoms with van der Waals surface area (Å²) >= 11 is 8.20. The van der Waals surface area contributed by atoms with Crippen LogP contribution in [0, 0.1) is 6.92 Å². The molecule has 3 aromatic rings. The second-order valence-corrected chi connectivity index (χ2v) is 9.73. The van der Waals surface area contributed by atoms with E-state index in [0.29, 0.717) is 11.6 Å². The molecule has 1 aliphatic heterocycles. The van der Waals surface area contributed by atoms with E-state index in [1.165, 1.54) is 39.5 Å². The van der Waals surface area contributed by atoms with Gasteiger partial charge in [-0.15, -0.1) is 11.3 Å².